The van der Waals surface area contributed by atoms with Crippen LogP contribution in [0.3, 0.4) is 0 Å². The SMILES string of the molecule is CCCn1nnnc1COC(=O)c1c(-c2cccs2)csc1NC(C)=O. The molecular weight excluding hydrogens is 374 g/mol. The van der Waals surface area contributed by atoms with Crippen molar-refractivity contribution >= 4 is 39.6 Å². The third-order valence-electron chi connectivity index (χ3n) is 3.45. The number of carbonyl (C=O) groups excluding carboxylic acids is 2. The molecule has 0 unspecified atom stereocenters. The lowest BCUT2D eigenvalue weighted by molar-refractivity contribution is -0.114. The maximum absolute atomic E-state index is 12.7. The molecule has 0 aliphatic heterocycles. The number of aromatic nitrogens is 4. The Bertz CT molecular complexity index is 901. The fraction of sp³-hybridized carbons (Fsp3) is 0.312. The summed E-state index contributed by atoms with van der Waals surface area (Å²) in [7, 11) is 0. The zero-order valence-corrected chi connectivity index (χ0v) is 15.9. The number of aryl methyl sites for hydroxylation is 1. The molecule has 8 nitrogen and oxygen atoms in total. The van der Waals surface area contributed by atoms with Crippen molar-refractivity contribution < 1.29 is 14.3 Å². The molecule has 0 saturated heterocycles. The number of tetrazole rings is 1. The Kier molecular flexibility index (Phi) is 5.74. The van der Waals surface area contributed by atoms with E-state index in [2.05, 4.69) is 20.8 Å². The maximum atomic E-state index is 12.7. The van der Waals surface area contributed by atoms with Crippen molar-refractivity contribution in [2.45, 2.75) is 33.4 Å². The zero-order valence-electron chi connectivity index (χ0n) is 14.3. The fourth-order valence-corrected chi connectivity index (χ4v) is 4.16. The van der Waals surface area contributed by atoms with E-state index in [0.717, 1.165) is 16.9 Å². The van der Waals surface area contributed by atoms with Gasteiger partial charge in [0.25, 0.3) is 0 Å². The van der Waals surface area contributed by atoms with Crippen LogP contribution in [0.15, 0.2) is 22.9 Å². The Labute approximate surface area is 157 Å². The third kappa shape index (κ3) is 3.97. The number of anilines is 1. The highest BCUT2D eigenvalue weighted by atomic mass is 32.1. The first-order valence-electron chi connectivity index (χ1n) is 7.95. The zero-order chi connectivity index (χ0) is 18.5. The van der Waals surface area contributed by atoms with Gasteiger partial charge in [-0.05, 0) is 28.3 Å². The predicted molar refractivity (Wildman–Crippen MR) is 99.2 cm³/mol. The topological polar surface area (TPSA) is 99.0 Å². The van der Waals surface area contributed by atoms with E-state index in [1.807, 2.05) is 29.8 Å². The van der Waals surface area contributed by atoms with Gasteiger partial charge in [0.2, 0.25) is 5.91 Å². The molecule has 0 aliphatic rings. The summed E-state index contributed by atoms with van der Waals surface area (Å²) in [6, 6.07) is 3.83. The van der Waals surface area contributed by atoms with E-state index in [1.54, 1.807) is 4.68 Å². The highest BCUT2D eigenvalue weighted by molar-refractivity contribution is 7.17. The van der Waals surface area contributed by atoms with E-state index >= 15 is 0 Å². The van der Waals surface area contributed by atoms with Gasteiger partial charge in [0.15, 0.2) is 12.4 Å². The lowest BCUT2D eigenvalue weighted by Gasteiger charge is -2.08. The molecule has 10 heteroatoms. The highest BCUT2D eigenvalue weighted by Crippen LogP contribution is 2.38. The van der Waals surface area contributed by atoms with E-state index in [0.29, 0.717) is 22.9 Å². The monoisotopic (exact) mass is 391 g/mol. The first kappa shape index (κ1) is 18.2. The molecule has 0 radical (unpaired) electrons. The van der Waals surface area contributed by atoms with Crippen LogP contribution < -0.4 is 5.32 Å². The molecule has 3 heterocycles. The summed E-state index contributed by atoms with van der Waals surface area (Å²) in [5, 5.41) is 18.3. The minimum Gasteiger partial charge on any atom is -0.454 e. The summed E-state index contributed by atoms with van der Waals surface area (Å²) in [5.41, 5.74) is 1.09. The van der Waals surface area contributed by atoms with E-state index in [4.69, 9.17) is 4.74 Å². The number of carbonyl (C=O) groups is 2. The van der Waals surface area contributed by atoms with Crippen LogP contribution in [0, 0.1) is 0 Å². The van der Waals surface area contributed by atoms with Gasteiger partial charge in [-0.2, -0.15) is 0 Å². The number of ether oxygens (including phenoxy) is 1. The summed E-state index contributed by atoms with van der Waals surface area (Å²) >= 11 is 2.81. The number of hydrogen-bond donors (Lipinski definition) is 1. The molecule has 0 aliphatic carbocycles. The van der Waals surface area contributed by atoms with Gasteiger partial charge >= 0.3 is 5.97 Å². The van der Waals surface area contributed by atoms with Gasteiger partial charge in [-0.1, -0.05) is 13.0 Å². The van der Waals surface area contributed by atoms with E-state index in [9.17, 15) is 9.59 Å². The Morgan fingerprint density at radius 3 is 2.88 bits per heavy atom. The van der Waals surface area contributed by atoms with Crippen LogP contribution in [0.2, 0.25) is 0 Å². The van der Waals surface area contributed by atoms with Gasteiger partial charge in [-0.25, -0.2) is 9.48 Å². The van der Waals surface area contributed by atoms with Crippen LogP contribution in [0.1, 0.15) is 36.5 Å². The van der Waals surface area contributed by atoms with Crippen LogP contribution in [0.4, 0.5) is 5.00 Å². The molecule has 3 aromatic rings. The second-order valence-corrected chi connectivity index (χ2v) is 7.23. The van der Waals surface area contributed by atoms with Crippen molar-refractivity contribution in [3.05, 3.63) is 34.3 Å². The molecule has 1 amide bonds. The number of nitrogens with one attached hydrogen (secondary N) is 1. The summed E-state index contributed by atoms with van der Waals surface area (Å²) in [6.07, 6.45) is 0.867. The molecular formula is C16H17N5O3S2. The van der Waals surface area contributed by atoms with Crippen molar-refractivity contribution in [2.75, 3.05) is 5.32 Å². The lowest BCUT2D eigenvalue weighted by Crippen LogP contribution is -2.13. The van der Waals surface area contributed by atoms with Crippen LogP contribution >= 0.6 is 22.7 Å². The molecule has 3 rings (SSSR count). The summed E-state index contributed by atoms with van der Waals surface area (Å²) < 4.78 is 7.04. The van der Waals surface area contributed by atoms with Gasteiger partial charge in [0.05, 0.1) is 0 Å². The van der Waals surface area contributed by atoms with Crippen LogP contribution in [-0.2, 0) is 22.7 Å². The number of esters is 1. The first-order chi connectivity index (χ1) is 12.6. The third-order valence-corrected chi connectivity index (χ3v) is 5.24. The quantitative estimate of drug-likeness (QED) is 0.621. The second-order valence-electron chi connectivity index (χ2n) is 5.41. The Balaban J connectivity index is 1.84. The van der Waals surface area contributed by atoms with E-state index < -0.39 is 5.97 Å². The van der Waals surface area contributed by atoms with E-state index in [1.165, 1.54) is 29.6 Å². The van der Waals surface area contributed by atoms with Crippen LogP contribution in [0.25, 0.3) is 10.4 Å². The lowest BCUT2D eigenvalue weighted by atomic mass is 10.1. The average molecular weight is 391 g/mol. The van der Waals surface area contributed by atoms with Gasteiger partial charge in [-0.15, -0.1) is 27.8 Å². The molecule has 136 valence electrons. The van der Waals surface area contributed by atoms with Crippen LogP contribution in [-0.4, -0.2) is 32.1 Å². The number of hydrogen-bond acceptors (Lipinski definition) is 8. The molecule has 3 aromatic heterocycles. The summed E-state index contributed by atoms with van der Waals surface area (Å²) in [4.78, 5) is 25.1. The number of amides is 1. The molecule has 0 saturated carbocycles. The van der Waals surface area contributed by atoms with Gasteiger partial charge in [-0.3, -0.25) is 4.79 Å². The van der Waals surface area contributed by atoms with Gasteiger partial charge < -0.3 is 10.1 Å². The number of rotatable bonds is 7. The standard InChI is InChI=1S/C16H17N5O3S2/c1-3-6-21-13(18-19-20-21)8-24-16(23)14-11(12-5-4-7-25-12)9-26-15(14)17-10(2)22/h4-5,7,9H,3,6,8H2,1-2H3,(H,17,22). The first-order valence-corrected chi connectivity index (χ1v) is 9.71. The predicted octanol–water partition coefficient (Wildman–Crippen LogP) is 3.19. The van der Waals surface area contributed by atoms with Crippen molar-refractivity contribution in [3.8, 4) is 10.4 Å². The van der Waals surface area contributed by atoms with Gasteiger partial charge in [0, 0.05) is 29.3 Å². The van der Waals surface area contributed by atoms with Crippen LogP contribution in [0.5, 0.6) is 0 Å². The summed E-state index contributed by atoms with van der Waals surface area (Å²) in [5.74, 6) is -0.288. The minimum absolute atomic E-state index is 0.0366. The number of thiophene rings is 2. The molecule has 1 N–H and O–H groups in total. The van der Waals surface area contributed by atoms with Crippen molar-refractivity contribution in [3.63, 3.8) is 0 Å². The largest absolute Gasteiger partial charge is 0.454 e. The molecule has 26 heavy (non-hydrogen) atoms. The summed E-state index contributed by atoms with van der Waals surface area (Å²) in [6.45, 7) is 4.02. The van der Waals surface area contributed by atoms with Crippen molar-refractivity contribution in [1.82, 2.24) is 20.2 Å². The van der Waals surface area contributed by atoms with E-state index in [-0.39, 0.29) is 12.5 Å². The Morgan fingerprint density at radius 1 is 1.35 bits per heavy atom. The van der Waals surface area contributed by atoms with Gasteiger partial charge in [0.1, 0.15) is 10.6 Å². The smallest absolute Gasteiger partial charge is 0.342 e. The highest BCUT2D eigenvalue weighted by Gasteiger charge is 2.23. The molecule has 0 spiro atoms. The molecule has 0 fully saturated rings. The Hall–Kier alpha value is -2.59. The van der Waals surface area contributed by atoms with Crippen molar-refractivity contribution in [1.29, 1.82) is 0 Å². The normalized spacial score (nSPS) is 10.7. The average Bonchev–Trinajstić information content (AvgIpc) is 3.33. The van der Waals surface area contributed by atoms with Crippen molar-refractivity contribution in [2.24, 2.45) is 0 Å². The minimum atomic E-state index is -0.524. The Morgan fingerprint density at radius 2 is 2.19 bits per heavy atom. The molecule has 0 bridgehead atoms. The maximum Gasteiger partial charge on any atom is 0.342 e. The number of nitrogens with zero attached hydrogens (tertiary/aromatic N) is 4. The molecule has 0 aromatic carbocycles. The molecule has 0 atom stereocenters. The fourth-order valence-electron chi connectivity index (χ4n) is 2.34. The second kappa shape index (κ2) is 8.19.